The first kappa shape index (κ1) is 13.1. The first-order chi connectivity index (χ1) is 3.85. The van der Waals surface area contributed by atoms with Crippen LogP contribution in [0.5, 0.6) is 0 Å². The maximum absolute atomic E-state index is 5.57. The summed E-state index contributed by atoms with van der Waals surface area (Å²) < 4.78 is 0. The molecule has 0 amide bonds. The fraction of sp³-hybridized carbons (Fsp3) is 1.00. The van der Waals surface area contributed by atoms with Gasteiger partial charge in [-0.05, 0) is 18.5 Å². The van der Waals surface area contributed by atoms with Crippen LogP contribution in [0.2, 0.25) is 0 Å². The molecule has 0 saturated carbocycles. The third-order valence-electron chi connectivity index (χ3n) is 1.30. The third-order valence-corrected chi connectivity index (χ3v) is 4.39. The van der Waals surface area contributed by atoms with Crippen LogP contribution >= 0.6 is 19.5 Å². The Morgan fingerprint density at radius 3 is 1.78 bits per heavy atom. The van der Waals surface area contributed by atoms with Crippen molar-refractivity contribution < 1.29 is 22.4 Å². The minimum atomic E-state index is 0. The van der Waals surface area contributed by atoms with Gasteiger partial charge in [0, 0.05) is 5.88 Å². The average Bonchev–Trinajstić information content (AvgIpc) is 1.83. The molecule has 60 valence electrons. The smallest absolute Gasteiger partial charge is 0.126 e. The van der Waals surface area contributed by atoms with Gasteiger partial charge in [-0.25, -0.2) is 0 Å². The normalized spacial score (nSPS) is 9.33. The molecule has 0 bridgehead atoms. The van der Waals surface area contributed by atoms with E-state index in [4.69, 9.17) is 11.6 Å². The van der Waals surface area contributed by atoms with Gasteiger partial charge in [-0.1, -0.05) is 13.8 Å². The van der Waals surface area contributed by atoms with Crippen molar-refractivity contribution in [1.29, 1.82) is 0 Å². The van der Waals surface area contributed by atoms with Gasteiger partial charge in [0.1, 0.15) is 0 Å². The molecule has 0 saturated heterocycles. The van der Waals surface area contributed by atoms with Gasteiger partial charge in [-0.2, -0.15) is 0 Å². The summed E-state index contributed by atoms with van der Waals surface area (Å²) in [5.41, 5.74) is 0. The predicted octanol–water partition coefficient (Wildman–Crippen LogP) is 2.74. The van der Waals surface area contributed by atoms with Crippen molar-refractivity contribution in [3.63, 3.8) is 0 Å². The van der Waals surface area contributed by atoms with Crippen molar-refractivity contribution in [3.05, 3.63) is 0 Å². The van der Waals surface area contributed by atoms with Gasteiger partial charge in [0.15, 0.2) is 0 Å². The van der Waals surface area contributed by atoms with E-state index < -0.39 is 0 Å². The van der Waals surface area contributed by atoms with Crippen LogP contribution in [0, 0.1) is 0 Å². The Labute approximate surface area is 80.0 Å². The SMILES string of the molecule is CCP(CC)CCCl.[Au+]. The molecule has 0 nitrogen and oxygen atoms in total. The van der Waals surface area contributed by atoms with Crippen LogP contribution in [-0.2, 0) is 22.4 Å². The molecule has 0 heterocycles. The topological polar surface area (TPSA) is 0 Å². The molecule has 0 aromatic carbocycles. The van der Waals surface area contributed by atoms with E-state index >= 15 is 0 Å². The molecule has 0 aromatic rings. The van der Waals surface area contributed by atoms with E-state index in [0.29, 0.717) is 7.92 Å². The first-order valence-electron chi connectivity index (χ1n) is 3.13. The molecule has 9 heavy (non-hydrogen) atoms. The molecule has 0 aliphatic heterocycles. The van der Waals surface area contributed by atoms with Crippen molar-refractivity contribution in [1.82, 2.24) is 0 Å². The summed E-state index contributed by atoms with van der Waals surface area (Å²) in [4.78, 5) is 0. The van der Waals surface area contributed by atoms with Gasteiger partial charge in [0.05, 0.1) is 0 Å². The van der Waals surface area contributed by atoms with E-state index in [1.807, 2.05) is 0 Å². The number of rotatable bonds is 4. The van der Waals surface area contributed by atoms with E-state index in [-0.39, 0.29) is 22.4 Å². The van der Waals surface area contributed by atoms with Crippen molar-refractivity contribution in [2.24, 2.45) is 0 Å². The fourth-order valence-corrected chi connectivity index (χ4v) is 2.70. The summed E-state index contributed by atoms with van der Waals surface area (Å²) >= 11 is 5.57. The molecule has 0 atom stereocenters. The van der Waals surface area contributed by atoms with Gasteiger partial charge in [0.2, 0.25) is 0 Å². The second-order valence-electron chi connectivity index (χ2n) is 1.72. The number of alkyl halides is 1. The third kappa shape index (κ3) is 7.36. The van der Waals surface area contributed by atoms with E-state index in [0.717, 1.165) is 5.88 Å². The Kier molecular flexibility index (Phi) is 13.7. The van der Waals surface area contributed by atoms with Crippen LogP contribution in [0.25, 0.3) is 0 Å². The van der Waals surface area contributed by atoms with Crippen molar-refractivity contribution >= 4 is 19.5 Å². The number of hydrogen-bond acceptors (Lipinski definition) is 0. The second-order valence-corrected chi connectivity index (χ2v) is 5.15. The fourth-order valence-electron chi connectivity index (χ4n) is 0.659. The Bertz CT molecular complexity index is 48.3. The first-order valence-corrected chi connectivity index (χ1v) is 5.56. The Hall–Kier alpha value is 1.46. The Balaban J connectivity index is 0. The van der Waals surface area contributed by atoms with E-state index in [2.05, 4.69) is 13.8 Å². The molecule has 0 aliphatic rings. The second kappa shape index (κ2) is 9.46. The predicted molar refractivity (Wildman–Crippen MR) is 43.6 cm³/mol. The van der Waals surface area contributed by atoms with Gasteiger partial charge < -0.3 is 0 Å². The molecule has 3 heteroatoms. The molecular formula is C6H14AuClP+. The monoisotopic (exact) mass is 349 g/mol. The van der Waals surface area contributed by atoms with Gasteiger partial charge in [-0.15, -0.1) is 19.5 Å². The quantitative estimate of drug-likeness (QED) is 0.416. The summed E-state index contributed by atoms with van der Waals surface area (Å²) in [7, 11) is 0.312. The van der Waals surface area contributed by atoms with Crippen LogP contribution in [0.1, 0.15) is 13.8 Å². The van der Waals surface area contributed by atoms with Gasteiger partial charge in [-0.3, -0.25) is 0 Å². The van der Waals surface area contributed by atoms with Crippen molar-refractivity contribution in [2.75, 3.05) is 24.4 Å². The average molecular weight is 350 g/mol. The summed E-state index contributed by atoms with van der Waals surface area (Å²) in [5, 5.41) is 0. The number of hydrogen-bond donors (Lipinski definition) is 0. The maximum atomic E-state index is 5.57. The summed E-state index contributed by atoms with van der Waals surface area (Å²) in [6.45, 7) is 4.50. The van der Waals surface area contributed by atoms with Crippen LogP contribution in [0.15, 0.2) is 0 Å². The standard InChI is InChI=1S/C6H14ClP.Au/c1-3-8(4-2)6-5-7;/h3-6H2,1-2H3;/q;+1. The van der Waals surface area contributed by atoms with Crippen LogP contribution in [0.4, 0.5) is 0 Å². The van der Waals surface area contributed by atoms with Crippen molar-refractivity contribution in [3.8, 4) is 0 Å². The molecule has 0 radical (unpaired) electrons. The Morgan fingerprint density at radius 2 is 1.67 bits per heavy atom. The van der Waals surface area contributed by atoms with Gasteiger partial charge in [0.25, 0.3) is 0 Å². The van der Waals surface area contributed by atoms with E-state index in [1.165, 1.54) is 18.5 Å². The maximum Gasteiger partial charge on any atom is 1.00 e. The zero-order chi connectivity index (χ0) is 6.41. The van der Waals surface area contributed by atoms with Crippen LogP contribution < -0.4 is 0 Å². The molecule has 0 unspecified atom stereocenters. The molecule has 0 fully saturated rings. The summed E-state index contributed by atoms with van der Waals surface area (Å²) in [5.74, 6) is 0.855. The molecule has 0 rings (SSSR count). The van der Waals surface area contributed by atoms with E-state index in [9.17, 15) is 0 Å². The zero-order valence-corrected chi connectivity index (χ0v) is 9.77. The molecule has 0 N–H and O–H groups in total. The Morgan fingerprint density at radius 1 is 1.22 bits per heavy atom. The molecular weight excluding hydrogens is 335 g/mol. The molecule has 0 aromatic heterocycles. The zero-order valence-electron chi connectivity index (χ0n) is 5.96. The minimum Gasteiger partial charge on any atom is -0.126 e. The number of halogens is 1. The largest absolute Gasteiger partial charge is 1.00 e. The molecule has 0 spiro atoms. The van der Waals surface area contributed by atoms with Crippen LogP contribution in [-0.4, -0.2) is 24.4 Å². The van der Waals surface area contributed by atoms with Gasteiger partial charge >= 0.3 is 22.4 Å². The van der Waals surface area contributed by atoms with Crippen LogP contribution in [0.3, 0.4) is 0 Å². The van der Waals surface area contributed by atoms with E-state index in [1.54, 1.807) is 0 Å². The summed E-state index contributed by atoms with van der Waals surface area (Å²) in [6.07, 6.45) is 3.95. The molecule has 0 aliphatic carbocycles. The minimum absolute atomic E-state index is 0. The summed E-state index contributed by atoms with van der Waals surface area (Å²) in [6, 6.07) is 0. The van der Waals surface area contributed by atoms with Crippen molar-refractivity contribution in [2.45, 2.75) is 13.8 Å².